The third-order valence-electron chi connectivity index (χ3n) is 7.69. The topological polar surface area (TPSA) is 21.2 Å². The summed E-state index contributed by atoms with van der Waals surface area (Å²) in [6, 6.07) is 16.1. The molecule has 0 amide bonds. The number of benzene rings is 2. The van der Waals surface area contributed by atoms with Crippen molar-refractivity contribution in [2.75, 3.05) is 0 Å². The van der Waals surface area contributed by atoms with Gasteiger partial charge < -0.3 is 0 Å². The van der Waals surface area contributed by atoms with Gasteiger partial charge in [-0.25, -0.2) is 9.55 Å². The van der Waals surface area contributed by atoms with Gasteiger partial charge in [-0.1, -0.05) is 37.5 Å². The minimum Gasteiger partial charge on any atom is -0.292 e. The van der Waals surface area contributed by atoms with Gasteiger partial charge in [-0.15, -0.1) is 0 Å². The molecule has 4 aromatic heterocycles. The number of rotatable bonds is 1. The Bertz CT molecular complexity index is 1630. The molecule has 3 nitrogen and oxygen atoms in total. The average Bonchev–Trinajstić information content (AvgIpc) is 3.15. The largest absolute Gasteiger partial charge is 0.292 e. The maximum Gasteiger partial charge on any atom is 0.224 e. The van der Waals surface area contributed by atoms with Crippen LogP contribution < -0.4 is 4.57 Å². The summed E-state index contributed by atoms with van der Waals surface area (Å²) in [6.45, 7) is 2.24. The molecule has 1 aliphatic rings. The molecular weight excluding hydrogens is 378 g/mol. The number of aromatic nitrogens is 3. The second-order valence-corrected chi connectivity index (χ2v) is 9.48. The molecule has 0 bridgehead atoms. The molecule has 0 radical (unpaired) electrons. The van der Waals surface area contributed by atoms with Crippen molar-refractivity contribution in [3.05, 3.63) is 66.0 Å². The molecule has 3 heteroatoms. The molecule has 6 aromatic rings. The normalized spacial score (nSPS) is 15.9. The monoisotopic (exact) mass is 404 g/mol. The van der Waals surface area contributed by atoms with Gasteiger partial charge in [0.2, 0.25) is 5.52 Å². The zero-order valence-electron chi connectivity index (χ0n) is 18.2. The van der Waals surface area contributed by atoms with Crippen molar-refractivity contribution < 1.29 is 4.57 Å². The van der Waals surface area contributed by atoms with Gasteiger partial charge in [-0.05, 0) is 60.4 Å². The number of pyridine rings is 3. The summed E-state index contributed by atoms with van der Waals surface area (Å²) in [5, 5.41) is 6.60. The van der Waals surface area contributed by atoms with Crippen LogP contribution in [0, 0.1) is 6.92 Å². The molecule has 31 heavy (non-hydrogen) atoms. The number of hydrogen-bond donors (Lipinski definition) is 0. The number of nitrogens with zero attached hydrogens (tertiary/aromatic N) is 3. The van der Waals surface area contributed by atoms with Gasteiger partial charge in [-0.2, -0.15) is 0 Å². The lowest BCUT2D eigenvalue weighted by molar-refractivity contribution is -0.643. The zero-order valence-corrected chi connectivity index (χ0v) is 18.2. The van der Waals surface area contributed by atoms with Crippen LogP contribution in [0.4, 0.5) is 0 Å². The lowest BCUT2D eigenvalue weighted by atomic mass is 9.83. The minimum absolute atomic E-state index is 0.677. The Balaban J connectivity index is 1.78. The van der Waals surface area contributed by atoms with E-state index in [0.29, 0.717) is 5.92 Å². The van der Waals surface area contributed by atoms with Crippen molar-refractivity contribution in [1.82, 2.24) is 9.38 Å². The van der Waals surface area contributed by atoms with Crippen molar-refractivity contribution in [2.45, 2.75) is 44.9 Å². The van der Waals surface area contributed by atoms with Gasteiger partial charge in [-0.3, -0.25) is 4.40 Å². The molecule has 0 saturated heterocycles. The molecule has 0 aliphatic heterocycles. The highest BCUT2D eigenvalue weighted by molar-refractivity contribution is 6.25. The van der Waals surface area contributed by atoms with E-state index >= 15 is 0 Å². The fourth-order valence-corrected chi connectivity index (χ4v) is 6.22. The highest BCUT2D eigenvalue weighted by Gasteiger charge is 2.25. The van der Waals surface area contributed by atoms with Gasteiger partial charge in [0.1, 0.15) is 12.7 Å². The van der Waals surface area contributed by atoms with Crippen LogP contribution in [-0.4, -0.2) is 9.38 Å². The van der Waals surface area contributed by atoms with Crippen LogP contribution >= 0.6 is 0 Å². The second kappa shape index (κ2) is 6.16. The van der Waals surface area contributed by atoms with E-state index in [-0.39, 0.29) is 0 Å². The quantitative estimate of drug-likeness (QED) is 0.173. The summed E-state index contributed by atoms with van der Waals surface area (Å²) in [5.41, 5.74) is 7.85. The van der Waals surface area contributed by atoms with E-state index in [9.17, 15) is 0 Å². The third-order valence-corrected chi connectivity index (χ3v) is 7.69. The lowest BCUT2D eigenvalue weighted by Crippen LogP contribution is -2.29. The van der Waals surface area contributed by atoms with Crippen molar-refractivity contribution in [3.63, 3.8) is 0 Å². The maximum absolute atomic E-state index is 4.87. The minimum atomic E-state index is 0.677. The first-order chi connectivity index (χ1) is 15.2. The van der Waals surface area contributed by atoms with Crippen LogP contribution in [0.5, 0.6) is 0 Å². The second-order valence-electron chi connectivity index (χ2n) is 9.48. The van der Waals surface area contributed by atoms with Crippen molar-refractivity contribution in [2.24, 2.45) is 7.05 Å². The molecule has 1 aliphatic carbocycles. The van der Waals surface area contributed by atoms with Crippen LogP contribution in [0.15, 0.2) is 54.9 Å². The molecule has 4 heterocycles. The van der Waals surface area contributed by atoms with Crippen LogP contribution in [0.1, 0.15) is 49.1 Å². The molecule has 7 rings (SSSR count). The van der Waals surface area contributed by atoms with E-state index in [2.05, 4.69) is 71.6 Å². The van der Waals surface area contributed by atoms with E-state index in [4.69, 9.17) is 4.98 Å². The standard InChI is InChI=1S/C28H26N3/c1-17-10-11-21-22-9-6-13-29-28(22)31-23-16-20(18-7-4-3-5-8-18)15-19-12-14-30(2)27(25(19)23)24(17)26(21)31/h6,9-16,18H,3-5,7-8H2,1-2H3/q+1. The molecule has 0 N–H and O–H groups in total. The lowest BCUT2D eigenvalue weighted by Gasteiger charge is -2.23. The summed E-state index contributed by atoms with van der Waals surface area (Å²) < 4.78 is 4.76. The Kier molecular flexibility index (Phi) is 3.47. The highest BCUT2D eigenvalue weighted by atomic mass is 15.0. The van der Waals surface area contributed by atoms with Gasteiger partial charge >= 0.3 is 0 Å². The van der Waals surface area contributed by atoms with E-state index in [1.165, 1.54) is 86.7 Å². The van der Waals surface area contributed by atoms with E-state index in [0.717, 1.165) is 5.65 Å². The SMILES string of the molecule is Cc1ccc2c3cccnc3n3c4cc(C5CCCCC5)cc5cc[n+](C)c(c1c23)c54. The number of aryl methyl sites for hydroxylation is 2. The average molecular weight is 405 g/mol. The summed E-state index contributed by atoms with van der Waals surface area (Å²) in [7, 11) is 2.18. The summed E-state index contributed by atoms with van der Waals surface area (Å²) in [4.78, 5) is 4.87. The van der Waals surface area contributed by atoms with Crippen LogP contribution in [0.3, 0.4) is 0 Å². The van der Waals surface area contributed by atoms with Crippen molar-refractivity contribution >= 4 is 49.1 Å². The summed E-state index contributed by atoms with van der Waals surface area (Å²) >= 11 is 0. The maximum atomic E-state index is 4.87. The molecule has 0 unspecified atom stereocenters. The Labute approximate surface area is 181 Å². The Morgan fingerprint density at radius 2 is 1.84 bits per heavy atom. The van der Waals surface area contributed by atoms with Crippen molar-refractivity contribution in [1.29, 1.82) is 0 Å². The van der Waals surface area contributed by atoms with Crippen LogP contribution in [-0.2, 0) is 7.05 Å². The molecule has 1 saturated carbocycles. The predicted molar refractivity (Wildman–Crippen MR) is 128 cm³/mol. The highest BCUT2D eigenvalue weighted by Crippen LogP contribution is 2.42. The first-order valence-corrected chi connectivity index (χ1v) is 11.6. The molecule has 1 fully saturated rings. The van der Waals surface area contributed by atoms with Crippen LogP contribution in [0.25, 0.3) is 49.1 Å². The smallest absolute Gasteiger partial charge is 0.224 e. The van der Waals surface area contributed by atoms with Crippen LogP contribution in [0.2, 0.25) is 0 Å². The fraction of sp³-hybridized carbons (Fsp3) is 0.286. The first-order valence-electron chi connectivity index (χ1n) is 11.6. The van der Waals surface area contributed by atoms with Gasteiger partial charge in [0.05, 0.1) is 21.8 Å². The number of fused-ring (bicyclic) bond motifs is 5. The Hall–Kier alpha value is -3.20. The zero-order chi connectivity index (χ0) is 20.7. The van der Waals surface area contributed by atoms with E-state index < -0.39 is 0 Å². The van der Waals surface area contributed by atoms with E-state index in [1.54, 1.807) is 0 Å². The molecule has 0 spiro atoms. The predicted octanol–water partition coefficient (Wildman–Crippen LogP) is 6.57. The van der Waals surface area contributed by atoms with Crippen molar-refractivity contribution in [3.8, 4) is 0 Å². The van der Waals surface area contributed by atoms with E-state index in [1.807, 2.05) is 6.20 Å². The number of hydrogen-bond acceptors (Lipinski definition) is 1. The first kappa shape index (κ1) is 17.5. The third kappa shape index (κ3) is 2.24. The van der Waals surface area contributed by atoms with Gasteiger partial charge in [0, 0.05) is 23.0 Å². The van der Waals surface area contributed by atoms with Gasteiger partial charge in [0.25, 0.3) is 0 Å². The Morgan fingerprint density at radius 1 is 0.968 bits per heavy atom. The van der Waals surface area contributed by atoms with Gasteiger partial charge in [0.15, 0.2) is 6.20 Å². The molecule has 152 valence electrons. The molecular formula is C28H26N3+. The molecule has 2 aromatic carbocycles. The summed E-state index contributed by atoms with van der Waals surface area (Å²) in [6.07, 6.45) is 10.9. The molecule has 0 atom stereocenters. The fourth-order valence-electron chi connectivity index (χ4n) is 6.22. The Morgan fingerprint density at radius 3 is 2.71 bits per heavy atom. The summed E-state index contributed by atoms with van der Waals surface area (Å²) in [5.74, 6) is 0.677.